The molecule has 0 saturated heterocycles. The van der Waals surface area contributed by atoms with Gasteiger partial charge >= 0.3 is 0 Å². The van der Waals surface area contributed by atoms with Crippen LogP contribution in [0.15, 0.2) is 23.1 Å². The van der Waals surface area contributed by atoms with E-state index in [0.29, 0.717) is 6.54 Å². The molecule has 0 heterocycles. The summed E-state index contributed by atoms with van der Waals surface area (Å²) in [4.78, 5) is 1.27. The topological polar surface area (TPSA) is 26.0 Å². The van der Waals surface area contributed by atoms with Crippen molar-refractivity contribution in [1.82, 2.24) is 0 Å². The first kappa shape index (κ1) is 9.90. The van der Waals surface area contributed by atoms with E-state index in [2.05, 4.69) is 6.26 Å². The van der Waals surface area contributed by atoms with Crippen LogP contribution in [0.1, 0.15) is 5.56 Å². The van der Waals surface area contributed by atoms with Crippen LogP contribution >= 0.6 is 23.4 Å². The van der Waals surface area contributed by atoms with Gasteiger partial charge in [0.15, 0.2) is 0 Å². The third-order valence-corrected chi connectivity index (χ3v) is 2.73. The molecule has 0 aromatic heterocycles. The number of hydrogen-bond acceptors (Lipinski definition) is 2. The van der Waals surface area contributed by atoms with Crippen molar-refractivity contribution in [2.45, 2.75) is 11.3 Å². The minimum atomic E-state index is 0.675. The van der Waals surface area contributed by atoms with Crippen LogP contribution in [0.25, 0.3) is 0 Å². The summed E-state index contributed by atoms with van der Waals surface area (Å²) in [5, 5.41) is 0.788. The van der Waals surface area contributed by atoms with Crippen LogP contribution in [-0.4, -0.2) is 12.8 Å². The van der Waals surface area contributed by atoms with Crippen molar-refractivity contribution in [2.24, 2.45) is 5.73 Å². The molecule has 0 aliphatic rings. The Morgan fingerprint density at radius 3 is 2.83 bits per heavy atom. The number of hydrogen-bond donors (Lipinski definition) is 1. The summed E-state index contributed by atoms with van der Waals surface area (Å²) in [5.41, 5.74) is 6.73. The minimum absolute atomic E-state index is 0.675. The van der Waals surface area contributed by atoms with Gasteiger partial charge in [-0.1, -0.05) is 11.6 Å². The van der Waals surface area contributed by atoms with Crippen molar-refractivity contribution in [1.29, 1.82) is 0 Å². The maximum atomic E-state index is 5.86. The second kappa shape index (κ2) is 4.75. The fourth-order valence-corrected chi connectivity index (χ4v) is 1.92. The van der Waals surface area contributed by atoms with E-state index in [0.717, 1.165) is 11.4 Å². The average Bonchev–Trinajstić information content (AvgIpc) is 2.05. The van der Waals surface area contributed by atoms with Crippen LogP contribution in [0.3, 0.4) is 0 Å². The molecule has 0 atom stereocenters. The van der Waals surface area contributed by atoms with Crippen molar-refractivity contribution in [2.75, 3.05) is 12.8 Å². The van der Waals surface area contributed by atoms with Crippen molar-refractivity contribution in [3.8, 4) is 0 Å². The molecule has 1 rings (SSSR count). The zero-order valence-electron chi connectivity index (χ0n) is 7.01. The average molecular weight is 202 g/mol. The van der Waals surface area contributed by atoms with Crippen molar-refractivity contribution in [3.63, 3.8) is 0 Å². The predicted molar refractivity (Wildman–Crippen MR) is 56.0 cm³/mol. The number of benzene rings is 1. The third-order valence-electron chi connectivity index (χ3n) is 1.66. The fourth-order valence-electron chi connectivity index (χ4n) is 1.10. The Morgan fingerprint density at radius 1 is 1.50 bits per heavy atom. The molecule has 3 heteroatoms. The molecule has 0 bridgehead atoms. The van der Waals surface area contributed by atoms with Gasteiger partial charge in [-0.15, -0.1) is 11.8 Å². The van der Waals surface area contributed by atoms with Gasteiger partial charge in [0.2, 0.25) is 0 Å². The normalized spacial score (nSPS) is 10.2. The van der Waals surface area contributed by atoms with E-state index in [1.165, 1.54) is 10.5 Å². The summed E-state index contributed by atoms with van der Waals surface area (Å²) < 4.78 is 0. The Labute approximate surface area is 82.3 Å². The molecule has 1 aromatic rings. The van der Waals surface area contributed by atoms with Gasteiger partial charge in [-0.05, 0) is 43.0 Å². The zero-order chi connectivity index (χ0) is 8.97. The zero-order valence-corrected chi connectivity index (χ0v) is 8.58. The van der Waals surface area contributed by atoms with E-state index in [4.69, 9.17) is 17.3 Å². The molecule has 0 fully saturated rings. The summed E-state index contributed by atoms with van der Waals surface area (Å²) in [6.45, 7) is 0.675. The predicted octanol–water partition coefficient (Wildman–Crippen LogP) is 2.56. The third kappa shape index (κ3) is 2.41. The molecule has 1 nitrogen and oxygen atoms in total. The lowest BCUT2D eigenvalue weighted by molar-refractivity contribution is 0.945. The Bertz CT molecular complexity index is 263. The molecule has 1 aromatic carbocycles. The SMILES string of the molecule is CSc1ccc(Cl)cc1CCN. The molecule has 0 aliphatic carbocycles. The van der Waals surface area contributed by atoms with Crippen molar-refractivity contribution in [3.05, 3.63) is 28.8 Å². The van der Waals surface area contributed by atoms with E-state index in [1.807, 2.05) is 18.2 Å². The van der Waals surface area contributed by atoms with E-state index in [1.54, 1.807) is 11.8 Å². The summed E-state index contributed by atoms with van der Waals surface area (Å²) >= 11 is 7.59. The second-order valence-corrected chi connectivity index (χ2v) is 3.78. The van der Waals surface area contributed by atoms with Crippen LogP contribution in [0.5, 0.6) is 0 Å². The molecule has 0 aliphatic heterocycles. The van der Waals surface area contributed by atoms with E-state index in [9.17, 15) is 0 Å². The lowest BCUT2D eigenvalue weighted by Gasteiger charge is -2.05. The maximum Gasteiger partial charge on any atom is 0.0409 e. The lowest BCUT2D eigenvalue weighted by Crippen LogP contribution is -2.03. The molecule has 0 unspecified atom stereocenters. The quantitative estimate of drug-likeness (QED) is 0.761. The lowest BCUT2D eigenvalue weighted by atomic mass is 10.1. The summed E-state index contributed by atoms with van der Waals surface area (Å²) in [6.07, 6.45) is 2.96. The van der Waals surface area contributed by atoms with E-state index < -0.39 is 0 Å². The highest BCUT2D eigenvalue weighted by Gasteiger charge is 2.00. The Kier molecular flexibility index (Phi) is 3.92. The number of thioether (sulfide) groups is 1. The van der Waals surface area contributed by atoms with Crippen molar-refractivity contribution < 1.29 is 0 Å². The maximum absolute atomic E-state index is 5.86. The monoisotopic (exact) mass is 201 g/mol. The number of rotatable bonds is 3. The molecule has 0 saturated carbocycles. The van der Waals surface area contributed by atoms with Crippen LogP contribution in [0.2, 0.25) is 5.02 Å². The fraction of sp³-hybridized carbons (Fsp3) is 0.333. The number of nitrogens with two attached hydrogens (primary N) is 1. The molecular weight excluding hydrogens is 190 g/mol. The van der Waals surface area contributed by atoms with Crippen molar-refractivity contribution >= 4 is 23.4 Å². The van der Waals surface area contributed by atoms with Gasteiger partial charge in [0.1, 0.15) is 0 Å². The summed E-state index contributed by atoms with van der Waals surface area (Å²) in [7, 11) is 0. The van der Waals surface area contributed by atoms with Gasteiger partial charge in [-0.3, -0.25) is 0 Å². The molecule has 66 valence electrons. The molecule has 12 heavy (non-hydrogen) atoms. The van der Waals surface area contributed by atoms with E-state index in [-0.39, 0.29) is 0 Å². The second-order valence-electron chi connectivity index (χ2n) is 2.49. The summed E-state index contributed by atoms with van der Waals surface area (Å²) in [5.74, 6) is 0. The first-order valence-electron chi connectivity index (χ1n) is 3.80. The van der Waals surface area contributed by atoms with Crippen LogP contribution in [0, 0.1) is 0 Å². The highest BCUT2D eigenvalue weighted by molar-refractivity contribution is 7.98. The molecule has 0 radical (unpaired) electrons. The van der Waals surface area contributed by atoms with Gasteiger partial charge in [0.25, 0.3) is 0 Å². The van der Waals surface area contributed by atoms with Gasteiger partial charge in [-0.2, -0.15) is 0 Å². The Hall–Kier alpha value is -0.180. The standard InChI is InChI=1S/C9H12ClNS/c1-12-9-3-2-8(10)6-7(9)4-5-11/h2-3,6H,4-5,11H2,1H3. The van der Waals surface area contributed by atoms with Gasteiger partial charge in [0, 0.05) is 9.92 Å². The van der Waals surface area contributed by atoms with Gasteiger partial charge in [0.05, 0.1) is 0 Å². The molecular formula is C9H12ClNS. The van der Waals surface area contributed by atoms with Crippen LogP contribution < -0.4 is 5.73 Å². The minimum Gasteiger partial charge on any atom is -0.330 e. The molecule has 2 N–H and O–H groups in total. The van der Waals surface area contributed by atoms with Crippen LogP contribution in [-0.2, 0) is 6.42 Å². The Balaban J connectivity index is 2.95. The number of halogens is 1. The first-order valence-corrected chi connectivity index (χ1v) is 5.40. The van der Waals surface area contributed by atoms with Gasteiger partial charge < -0.3 is 5.73 Å². The molecule has 0 spiro atoms. The first-order chi connectivity index (χ1) is 5.77. The van der Waals surface area contributed by atoms with Crippen LogP contribution in [0.4, 0.5) is 0 Å². The smallest absolute Gasteiger partial charge is 0.0409 e. The highest BCUT2D eigenvalue weighted by atomic mass is 35.5. The van der Waals surface area contributed by atoms with E-state index >= 15 is 0 Å². The van der Waals surface area contributed by atoms with Gasteiger partial charge in [-0.25, -0.2) is 0 Å². The largest absolute Gasteiger partial charge is 0.330 e. The molecule has 0 amide bonds. The Morgan fingerprint density at radius 2 is 2.25 bits per heavy atom. The summed E-state index contributed by atoms with van der Waals surface area (Å²) in [6, 6.07) is 5.94. The highest BCUT2D eigenvalue weighted by Crippen LogP contribution is 2.23.